The second-order valence-electron chi connectivity index (χ2n) is 5.91. The van der Waals surface area contributed by atoms with Crippen LogP contribution in [-0.4, -0.2) is 54.0 Å². The first kappa shape index (κ1) is 15.7. The third kappa shape index (κ3) is 3.51. The van der Waals surface area contributed by atoms with Gasteiger partial charge in [0.2, 0.25) is 0 Å². The average molecular weight is 292 g/mol. The van der Waals surface area contributed by atoms with Crippen LogP contribution in [0.4, 0.5) is 11.4 Å². The molecule has 116 valence electrons. The van der Waals surface area contributed by atoms with Gasteiger partial charge in [0, 0.05) is 56.6 Å². The zero-order chi connectivity index (χ0) is 15.6. The molecule has 1 aliphatic rings. The van der Waals surface area contributed by atoms with Gasteiger partial charge in [0.1, 0.15) is 0 Å². The van der Waals surface area contributed by atoms with E-state index in [2.05, 4.69) is 36.0 Å². The molecule has 1 heterocycles. The Balaban J connectivity index is 2.18. The van der Waals surface area contributed by atoms with Crippen LogP contribution in [0.1, 0.15) is 19.4 Å². The Morgan fingerprint density at radius 2 is 1.95 bits per heavy atom. The lowest BCUT2D eigenvalue weighted by Gasteiger charge is -2.42. The fourth-order valence-corrected chi connectivity index (χ4v) is 2.95. The largest absolute Gasteiger partial charge is 0.388 e. The summed E-state index contributed by atoms with van der Waals surface area (Å²) in [4.78, 5) is 15.4. The van der Waals surface area contributed by atoms with Crippen molar-refractivity contribution in [3.63, 3.8) is 0 Å². The highest BCUT2D eigenvalue weighted by molar-refractivity contribution is 5.55. The smallest absolute Gasteiger partial charge is 0.269 e. The maximum absolute atomic E-state index is 11.0. The van der Waals surface area contributed by atoms with Gasteiger partial charge < -0.3 is 5.32 Å². The van der Waals surface area contributed by atoms with Gasteiger partial charge in [-0.1, -0.05) is 0 Å². The second kappa shape index (κ2) is 6.41. The van der Waals surface area contributed by atoms with Crippen LogP contribution in [0.3, 0.4) is 0 Å². The maximum Gasteiger partial charge on any atom is 0.269 e. The van der Waals surface area contributed by atoms with E-state index in [0.717, 1.165) is 30.9 Å². The highest BCUT2D eigenvalue weighted by atomic mass is 16.6. The molecule has 0 saturated carbocycles. The van der Waals surface area contributed by atoms with E-state index in [0.29, 0.717) is 12.1 Å². The van der Waals surface area contributed by atoms with Crippen LogP contribution in [0, 0.1) is 10.1 Å². The lowest BCUT2D eigenvalue weighted by molar-refractivity contribution is -0.384. The Hall–Kier alpha value is -1.66. The zero-order valence-electron chi connectivity index (χ0n) is 13.2. The van der Waals surface area contributed by atoms with Crippen LogP contribution >= 0.6 is 0 Å². The molecule has 1 saturated heterocycles. The Labute approximate surface area is 125 Å². The van der Waals surface area contributed by atoms with E-state index in [9.17, 15) is 10.1 Å². The van der Waals surface area contributed by atoms with Crippen molar-refractivity contribution in [2.75, 3.05) is 32.5 Å². The van der Waals surface area contributed by atoms with Gasteiger partial charge in [0.05, 0.1) is 4.92 Å². The lowest BCUT2D eigenvalue weighted by Crippen LogP contribution is -2.54. The molecule has 0 aliphatic carbocycles. The van der Waals surface area contributed by atoms with Gasteiger partial charge in [-0.25, -0.2) is 0 Å². The summed E-state index contributed by atoms with van der Waals surface area (Å²) < 4.78 is 0. The lowest BCUT2D eigenvalue weighted by atomic mass is 10.1. The third-order valence-electron chi connectivity index (χ3n) is 4.40. The van der Waals surface area contributed by atoms with Crippen molar-refractivity contribution in [2.24, 2.45) is 0 Å². The second-order valence-corrected chi connectivity index (χ2v) is 5.91. The molecular formula is C15H24N4O2. The van der Waals surface area contributed by atoms with Gasteiger partial charge in [-0.15, -0.1) is 0 Å². The van der Waals surface area contributed by atoms with Gasteiger partial charge in [-0.3, -0.25) is 19.9 Å². The summed E-state index contributed by atoms with van der Waals surface area (Å²) in [6.07, 6.45) is 0. The number of piperazine rings is 1. The molecule has 21 heavy (non-hydrogen) atoms. The standard InChI is InChI=1S/C15H24N4O2/c1-11-8-18(9-12(2)17(11)4)10-13-7-14(19(20)21)5-6-15(13)16-3/h5-7,11-12,16H,8-10H2,1-4H3. The molecule has 2 atom stereocenters. The molecule has 1 N–H and O–H groups in total. The van der Waals surface area contributed by atoms with Crippen LogP contribution in [-0.2, 0) is 6.54 Å². The molecule has 0 radical (unpaired) electrons. The van der Waals surface area contributed by atoms with Gasteiger partial charge in [0.25, 0.3) is 5.69 Å². The molecule has 1 aliphatic heterocycles. The number of benzene rings is 1. The Morgan fingerprint density at radius 1 is 1.33 bits per heavy atom. The van der Waals surface area contributed by atoms with Gasteiger partial charge in [0.15, 0.2) is 0 Å². The average Bonchev–Trinajstić information content (AvgIpc) is 2.44. The van der Waals surface area contributed by atoms with Gasteiger partial charge in [-0.2, -0.15) is 0 Å². The van der Waals surface area contributed by atoms with Gasteiger partial charge in [-0.05, 0) is 32.5 Å². The molecule has 0 bridgehead atoms. The molecule has 2 rings (SSSR count). The van der Waals surface area contributed by atoms with E-state index in [-0.39, 0.29) is 10.6 Å². The van der Waals surface area contributed by atoms with Gasteiger partial charge >= 0.3 is 0 Å². The van der Waals surface area contributed by atoms with Crippen LogP contribution in [0.5, 0.6) is 0 Å². The van der Waals surface area contributed by atoms with Crippen molar-refractivity contribution >= 4 is 11.4 Å². The first-order valence-corrected chi connectivity index (χ1v) is 7.31. The number of non-ortho nitro benzene ring substituents is 1. The quantitative estimate of drug-likeness (QED) is 0.680. The predicted octanol–water partition coefficient (Wildman–Crippen LogP) is 2.16. The summed E-state index contributed by atoms with van der Waals surface area (Å²) in [6.45, 7) is 7.13. The summed E-state index contributed by atoms with van der Waals surface area (Å²) in [7, 11) is 4.00. The van der Waals surface area contributed by atoms with Crippen molar-refractivity contribution in [2.45, 2.75) is 32.5 Å². The molecule has 0 amide bonds. The van der Waals surface area contributed by atoms with Crippen molar-refractivity contribution in [3.8, 4) is 0 Å². The number of hydrogen-bond donors (Lipinski definition) is 1. The van der Waals surface area contributed by atoms with Crippen molar-refractivity contribution in [1.29, 1.82) is 0 Å². The minimum atomic E-state index is -0.335. The highest BCUT2D eigenvalue weighted by Crippen LogP contribution is 2.25. The highest BCUT2D eigenvalue weighted by Gasteiger charge is 2.27. The fourth-order valence-electron chi connectivity index (χ4n) is 2.95. The Morgan fingerprint density at radius 3 is 2.48 bits per heavy atom. The van der Waals surface area contributed by atoms with E-state index in [1.54, 1.807) is 18.2 Å². The predicted molar refractivity (Wildman–Crippen MR) is 84.6 cm³/mol. The molecule has 1 fully saturated rings. The Bertz CT molecular complexity index is 508. The molecule has 6 heteroatoms. The molecular weight excluding hydrogens is 268 g/mol. The summed E-state index contributed by atoms with van der Waals surface area (Å²) in [5.74, 6) is 0. The minimum Gasteiger partial charge on any atom is -0.388 e. The van der Waals surface area contributed by atoms with Crippen molar-refractivity contribution in [3.05, 3.63) is 33.9 Å². The normalized spacial score (nSPS) is 24.0. The number of nitrogens with one attached hydrogen (secondary N) is 1. The first-order valence-electron chi connectivity index (χ1n) is 7.31. The SMILES string of the molecule is CNc1ccc([N+](=O)[O-])cc1CN1CC(C)N(C)C(C)C1. The summed E-state index contributed by atoms with van der Waals surface area (Å²) >= 11 is 0. The number of likely N-dealkylation sites (N-methyl/N-ethyl adjacent to an activating group) is 1. The number of nitrogens with zero attached hydrogens (tertiary/aromatic N) is 3. The van der Waals surface area contributed by atoms with E-state index in [4.69, 9.17) is 0 Å². The number of anilines is 1. The molecule has 0 spiro atoms. The van der Waals surface area contributed by atoms with Crippen LogP contribution in [0.15, 0.2) is 18.2 Å². The van der Waals surface area contributed by atoms with E-state index >= 15 is 0 Å². The monoisotopic (exact) mass is 292 g/mol. The van der Waals surface area contributed by atoms with Crippen LogP contribution in [0.2, 0.25) is 0 Å². The maximum atomic E-state index is 11.0. The fraction of sp³-hybridized carbons (Fsp3) is 0.600. The van der Waals surface area contributed by atoms with E-state index in [1.165, 1.54) is 0 Å². The third-order valence-corrected chi connectivity index (χ3v) is 4.40. The number of hydrogen-bond acceptors (Lipinski definition) is 5. The summed E-state index contributed by atoms with van der Waals surface area (Å²) in [5, 5.41) is 14.1. The molecule has 1 aromatic carbocycles. The minimum absolute atomic E-state index is 0.152. The molecule has 2 unspecified atom stereocenters. The number of rotatable bonds is 4. The molecule has 6 nitrogen and oxygen atoms in total. The topological polar surface area (TPSA) is 61.7 Å². The molecule has 0 aromatic heterocycles. The summed E-state index contributed by atoms with van der Waals surface area (Å²) in [6, 6.07) is 6.00. The number of nitro groups is 1. The molecule has 1 aromatic rings. The van der Waals surface area contributed by atoms with E-state index in [1.807, 2.05) is 7.05 Å². The van der Waals surface area contributed by atoms with E-state index < -0.39 is 0 Å². The first-order chi connectivity index (χ1) is 9.92. The van der Waals surface area contributed by atoms with Crippen LogP contribution in [0.25, 0.3) is 0 Å². The van der Waals surface area contributed by atoms with Crippen molar-refractivity contribution < 1.29 is 4.92 Å². The van der Waals surface area contributed by atoms with Crippen molar-refractivity contribution in [1.82, 2.24) is 9.80 Å². The van der Waals surface area contributed by atoms with Crippen LogP contribution < -0.4 is 5.32 Å². The summed E-state index contributed by atoms with van der Waals surface area (Å²) in [5.41, 5.74) is 2.09. The Kier molecular flexibility index (Phi) is 4.80. The zero-order valence-corrected chi connectivity index (χ0v) is 13.2. The number of nitro benzene ring substituents is 1.